The maximum atomic E-state index is 13.4. The number of aryl methyl sites for hydroxylation is 1. The van der Waals surface area contributed by atoms with E-state index in [4.69, 9.17) is 0 Å². The number of nitrogens with one attached hydrogen (secondary N) is 1. The van der Waals surface area contributed by atoms with E-state index in [0.29, 0.717) is 24.2 Å². The van der Waals surface area contributed by atoms with Crippen molar-refractivity contribution in [3.05, 3.63) is 65.7 Å². The largest absolute Gasteiger partial charge is 0.362 e. The Kier molecular flexibility index (Phi) is 13.1. The van der Waals surface area contributed by atoms with Gasteiger partial charge in [-0.2, -0.15) is 0 Å². The van der Waals surface area contributed by atoms with Gasteiger partial charge >= 0.3 is 6.03 Å². The highest BCUT2D eigenvalue weighted by atomic mass is 16.2. The van der Waals surface area contributed by atoms with Crippen molar-refractivity contribution >= 4 is 24.0 Å². The quantitative estimate of drug-likeness (QED) is 0.175. The van der Waals surface area contributed by atoms with E-state index in [1.54, 1.807) is 43.4 Å². The maximum Gasteiger partial charge on any atom is 0.362 e. The summed E-state index contributed by atoms with van der Waals surface area (Å²) in [6.07, 6.45) is 12.3. The molecule has 0 saturated heterocycles. The Morgan fingerprint density at radius 1 is 0.806 bits per heavy atom. The van der Waals surface area contributed by atoms with Gasteiger partial charge in [0.15, 0.2) is 0 Å². The number of amides is 4. The van der Waals surface area contributed by atoms with Gasteiger partial charge in [-0.3, -0.25) is 15.0 Å². The Morgan fingerprint density at radius 2 is 1.36 bits per heavy atom. The Balaban J connectivity index is 2.03. The van der Waals surface area contributed by atoms with E-state index in [9.17, 15) is 14.4 Å². The summed E-state index contributed by atoms with van der Waals surface area (Å²) in [5, 5.41) is 3.91. The minimum Gasteiger partial charge on any atom is -0.277 e. The first kappa shape index (κ1) is 28.9. The van der Waals surface area contributed by atoms with Crippen molar-refractivity contribution < 1.29 is 14.4 Å². The Labute approximate surface area is 216 Å². The van der Waals surface area contributed by atoms with Gasteiger partial charge in [-0.25, -0.2) is 19.8 Å². The summed E-state index contributed by atoms with van der Waals surface area (Å²) in [4.78, 5) is 38.1. The monoisotopic (exact) mass is 494 g/mol. The van der Waals surface area contributed by atoms with Crippen LogP contribution in [0.1, 0.15) is 87.1 Å². The van der Waals surface area contributed by atoms with Crippen LogP contribution in [-0.4, -0.2) is 42.0 Å². The number of hydrogen-bond donors (Lipinski definition) is 1. The topological polar surface area (TPSA) is 73.0 Å². The minimum absolute atomic E-state index is 0.252. The van der Waals surface area contributed by atoms with Gasteiger partial charge in [-0.15, -0.1) is 0 Å². The molecule has 0 bridgehead atoms. The number of anilines is 1. The molecule has 2 rings (SSSR count). The summed E-state index contributed by atoms with van der Waals surface area (Å²) in [5.74, 6) is -0.252. The predicted octanol–water partition coefficient (Wildman–Crippen LogP) is 6.49. The number of unbranched alkanes of at least 4 members (excludes halogenated alkanes) is 9. The van der Waals surface area contributed by atoms with E-state index < -0.39 is 6.03 Å². The van der Waals surface area contributed by atoms with Crippen LogP contribution in [0.4, 0.5) is 10.5 Å². The molecule has 1 N–H and O–H groups in total. The van der Waals surface area contributed by atoms with Crippen molar-refractivity contribution in [1.29, 1.82) is 0 Å². The van der Waals surface area contributed by atoms with Crippen LogP contribution < -0.4 is 10.4 Å². The molecule has 4 amide bonds. The molecule has 2 aromatic carbocycles. The number of nitrogens with zero attached hydrogens (tertiary/aromatic N) is 3. The van der Waals surface area contributed by atoms with Gasteiger partial charge in [0.05, 0.1) is 5.69 Å². The fourth-order valence-corrected chi connectivity index (χ4v) is 4.10. The molecule has 196 valence electrons. The molecule has 2 aromatic rings. The van der Waals surface area contributed by atoms with Crippen molar-refractivity contribution in [3.8, 4) is 0 Å². The van der Waals surface area contributed by atoms with Gasteiger partial charge in [0, 0.05) is 19.2 Å². The summed E-state index contributed by atoms with van der Waals surface area (Å²) in [7, 11) is 1.56. The number of urea groups is 1. The van der Waals surface area contributed by atoms with Gasteiger partial charge in [-0.1, -0.05) is 101 Å². The first-order valence-corrected chi connectivity index (χ1v) is 13.2. The maximum absolute atomic E-state index is 13.4. The average molecular weight is 495 g/mol. The SMILES string of the molecule is CCCCCCCCCCCCN(C(=O)c1ccccc1)N(C)C(=O)N(NC=O)c1ccc(C)cc1. The number of benzene rings is 2. The second-order valence-electron chi connectivity index (χ2n) is 9.20. The Morgan fingerprint density at radius 3 is 1.92 bits per heavy atom. The van der Waals surface area contributed by atoms with E-state index in [1.807, 2.05) is 25.1 Å². The third-order valence-corrected chi connectivity index (χ3v) is 6.28. The lowest BCUT2D eigenvalue weighted by Gasteiger charge is -2.35. The highest BCUT2D eigenvalue weighted by Crippen LogP contribution is 2.18. The number of hydrogen-bond acceptors (Lipinski definition) is 3. The zero-order valence-corrected chi connectivity index (χ0v) is 22.1. The lowest BCUT2D eigenvalue weighted by atomic mass is 10.1. The van der Waals surface area contributed by atoms with Crippen LogP contribution in [-0.2, 0) is 4.79 Å². The van der Waals surface area contributed by atoms with Gasteiger partial charge in [0.2, 0.25) is 6.41 Å². The molecular formula is C29H42N4O3. The average Bonchev–Trinajstić information content (AvgIpc) is 2.90. The summed E-state index contributed by atoms with van der Waals surface area (Å²) in [6.45, 7) is 4.59. The third kappa shape index (κ3) is 9.36. The standard InChI is InChI=1S/C29H42N4O3/c1-4-5-6-7-8-9-10-11-12-16-23-32(28(35)26-17-14-13-15-18-26)31(3)29(36)33(30-24-34)27-21-19-25(2)20-22-27/h13-15,17-22,24H,4-12,16,23H2,1-3H3,(H,30,34). The van der Waals surface area contributed by atoms with Crippen LogP contribution in [0.25, 0.3) is 0 Å². The molecule has 0 heterocycles. The normalized spacial score (nSPS) is 10.5. The number of rotatable bonds is 15. The lowest BCUT2D eigenvalue weighted by Crippen LogP contribution is -2.56. The van der Waals surface area contributed by atoms with Gasteiger partial charge < -0.3 is 0 Å². The van der Waals surface area contributed by atoms with Crippen LogP contribution in [0.3, 0.4) is 0 Å². The van der Waals surface area contributed by atoms with Crippen molar-refractivity contribution in [2.75, 3.05) is 18.6 Å². The highest BCUT2D eigenvalue weighted by molar-refractivity contribution is 5.98. The summed E-state index contributed by atoms with van der Waals surface area (Å²) >= 11 is 0. The Bertz CT molecular complexity index is 918. The van der Waals surface area contributed by atoms with Crippen LogP contribution in [0, 0.1) is 6.92 Å². The molecule has 0 saturated carbocycles. The van der Waals surface area contributed by atoms with Crippen molar-refractivity contribution in [2.24, 2.45) is 0 Å². The molecule has 0 aromatic heterocycles. The van der Waals surface area contributed by atoms with Gasteiger partial charge in [0.1, 0.15) is 0 Å². The fourth-order valence-electron chi connectivity index (χ4n) is 4.10. The van der Waals surface area contributed by atoms with Crippen molar-refractivity contribution in [3.63, 3.8) is 0 Å². The molecule has 0 unspecified atom stereocenters. The van der Waals surface area contributed by atoms with E-state index in [-0.39, 0.29) is 5.91 Å². The number of carbonyl (C=O) groups excluding carboxylic acids is 3. The smallest absolute Gasteiger partial charge is 0.277 e. The molecule has 36 heavy (non-hydrogen) atoms. The number of carbonyl (C=O) groups is 3. The third-order valence-electron chi connectivity index (χ3n) is 6.28. The highest BCUT2D eigenvalue weighted by Gasteiger charge is 2.28. The first-order valence-electron chi connectivity index (χ1n) is 13.2. The second kappa shape index (κ2) is 16.3. The van der Waals surface area contributed by atoms with Crippen LogP contribution in [0.5, 0.6) is 0 Å². The van der Waals surface area contributed by atoms with E-state index in [2.05, 4.69) is 12.3 Å². The second-order valence-corrected chi connectivity index (χ2v) is 9.20. The molecule has 0 radical (unpaired) electrons. The van der Waals surface area contributed by atoms with Gasteiger partial charge in [0.25, 0.3) is 5.91 Å². The fraction of sp³-hybridized carbons (Fsp3) is 0.483. The van der Waals surface area contributed by atoms with E-state index >= 15 is 0 Å². The van der Waals surface area contributed by atoms with Crippen LogP contribution in [0.15, 0.2) is 54.6 Å². The number of hydrazine groups is 2. The molecule has 7 nitrogen and oxygen atoms in total. The molecule has 0 spiro atoms. The van der Waals surface area contributed by atoms with E-state index in [1.165, 1.54) is 55.0 Å². The zero-order chi connectivity index (χ0) is 26.2. The molecule has 0 aliphatic heterocycles. The summed E-state index contributed by atoms with van der Waals surface area (Å²) in [5.41, 5.74) is 4.52. The van der Waals surface area contributed by atoms with Crippen molar-refractivity contribution in [2.45, 2.75) is 78.1 Å². The van der Waals surface area contributed by atoms with Crippen LogP contribution >= 0.6 is 0 Å². The zero-order valence-electron chi connectivity index (χ0n) is 22.1. The van der Waals surface area contributed by atoms with Crippen molar-refractivity contribution in [1.82, 2.24) is 15.4 Å². The molecule has 0 fully saturated rings. The first-order chi connectivity index (χ1) is 17.5. The van der Waals surface area contributed by atoms with Crippen LogP contribution in [0.2, 0.25) is 0 Å². The predicted molar refractivity (Wildman–Crippen MR) is 145 cm³/mol. The molecule has 0 aliphatic rings. The molecule has 7 heteroatoms. The Hall–Kier alpha value is -3.35. The lowest BCUT2D eigenvalue weighted by molar-refractivity contribution is -0.109. The summed E-state index contributed by atoms with van der Waals surface area (Å²) in [6, 6.07) is 15.7. The van der Waals surface area contributed by atoms with E-state index in [0.717, 1.165) is 29.8 Å². The minimum atomic E-state index is -0.526. The summed E-state index contributed by atoms with van der Waals surface area (Å²) < 4.78 is 0. The molecular weight excluding hydrogens is 452 g/mol. The molecule has 0 atom stereocenters. The van der Waals surface area contributed by atoms with Gasteiger partial charge in [-0.05, 0) is 37.6 Å². The molecule has 0 aliphatic carbocycles.